The molecule has 0 nitrogen and oxygen atoms in total. The van der Waals surface area contributed by atoms with Gasteiger partial charge in [0, 0.05) is 0 Å². The quantitative estimate of drug-likeness (QED) is 0.453. The molecule has 0 aliphatic rings. The largest absolute Gasteiger partial charge is 0.100 e. The highest BCUT2D eigenvalue weighted by Crippen LogP contribution is 2.41. The van der Waals surface area contributed by atoms with Crippen LogP contribution in [0.25, 0.3) is 0 Å². The summed E-state index contributed by atoms with van der Waals surface area (Å²) in [6.07, 6.45) is 7.41. The molecule has 1 heteroatoms. The Morgan fingerprint density at radius 3 is 2.00 bits per heavy atom. The minimum Gasteiger partial charge on any atom is -0.100 e. The molecule has 0 heterocycles. The van der Waals surface area contributed by atoms with E-state index in [9.17, 15) is 0 Å². The fourth-order valence-corrected chi connectivity index (χ4v) is 3.83. The van der Waals surface area contributed by atoms with Gasteiger partial charge in [-0.3, -0.25) is 0 Å². The second kappa shape index (κ2) is 7.23. The van der Waals surface area contributed by atoms with Crippen molar-refractivity contribution >= 4 is 7.92 Å². The SMILES string of the molecule is CCP(CC)C(C)C=C(C)C=C(C)C. The first-order chi connectivity index (χ1) is 6.51. The molecule has 0 aromatic heterocycles. The molecule has 0 aromatic carbocycles. The second-order valence-corrected chi connectivity index (χ2v) is 7.35. The third-order valence-electron chi connectivity index (χ3n) is 2.41. The lowest BCUT2D eigenvalue weighted by molar-refractivity contribution is 1.16. The molecule has 1 unspecified atom stereocenters. The normalized spacial score (nSPS) is 14.4. The van der Waals surface area contributed by atoms with Crippen LogP contribution in [-0.2, 0) is 0 Å². The zero-order valence-electron chi connectivity index (χ0n) is 10.6. The first-order valence-electron chi connectivity index (χ1n) is 5.58. The van der Waals surface area contributed by atoms with Gasteiger partial charge in [-0.2, -0.15) is 0 Å². The summed E-state index contributed by atoms with van der Waals surface area (Å²) in [5, 5.41) is 0. The topological polar surface area (TPSA) is 0 Å². The highest BCUT2D eigenvalue weighted by atomic mass is 31.1. The Hall–Kier alpha value is -0.0900. The maximum atomic E-state index is 2.44. The van der Waals surface area contributed by atoms with Crippen molar-refractivity contribution < 1.29 is 0 Å². The Bertz CT molecular complexity index is 205. The van der Waals surface area contributed by atoms with Gasteiger partial charge in [-0.05, 0) is 38.8 Å². The number of rotatable bonds is 5. The van der Waals surface area contributed by atoms with E-state index in [0.717, 1.165) is 5.66 Å². The van der Waals surface area contributed by atoms with Crippen LogP contribution < -0.4 is 0 Å². The molecule has 0 saturated heterocycles. The maximum absolute atomic E-state index is 2.44. The molecule has 82 valence electrons. The van der Waals surface area contributed by atoms with Gasteiger partial charge in [0.15, 0.2) is 0 Å². The Morgan fingerprint density at radius 1 is 1.14 bits per heavy atom. The van der Waals surface area contributed by atoms with E-state index in [-0.39, 0.29) is 7.92 Å². The van der Waals surface area contributed by atoms with Crippen LogP contribution in [0.3, 0.4) is 0 Å². The van der Waals surface area contributed by atoms with Gasteiger partial charge < -0.3 is 0 Å². The summed E-state index contributed by atoms with van der Waals surface area (Å²) in [7, 11) is 0.219. The zero-order valence-corrected chi connectivity index (χ0v) is 11.5. The van der Waals surface area contributed by atoms with Crippen molar-refractivity contribution in [1.82, 2.24) is 0 Å². The molecule has 0 aromatic rings. The van der Waals surface area contributed by atoms with Crippen molar-refractivity contribution in [3.05, 3.63) is 23.3 Å². The first-order valence-corrected chi connectivity index (χ1v) is 7.36. The molecule has 0 spiro atoms. The fourth-order valence-electron chi connectivity index (χ4n) is 1.79. The Kier molecular flexibility index (Phi) is 7.19. The maximum Gasteiger partial charge on any atom is -0.00524 e. The van der Waals surface area contributed by atoms with Gasteiger partial charge in [-0.25, -0.2) is 0 Å². The van der Waals surface area contributed by atoms with Gasteiger partial charge in [0.05, 0.1) is 0 Å². The second-order valence-electron chi connectivity index (χ2n) is 4.09. The van der Waals surface area contributed by atoms with Crippen LogP contribution in [0.15, 0.2) is 23.3 Å². The summed E-state index contributed by atoms with van der Waals surface area (Å²) in [6, 6.07) is 0. The van der Waals surface area contributed by atoms with Gasteiger partial charge in [0.25, 0.3) is 0 Å². The molecule has 0 bridgehead atoms. The minimum absolute atomic E-state index is 0.219. The van der Waals surface area contributed by atoms with Crippen molar-refractivity contribution in [3.63, 3.8) is 0 Å². The lowest BCUT2D eigenvalue weighted by Gasteiger charge is -2.19. The predicted molar refractivity (Wildman–Crippen MR) is 70.7 cm³/mol. The van der Waals surface area contributed by atoms with E-state index in [1.165, 1.54) is 23.5 Å². The van der Waals surface area contributed by atoms with Crippen LogP contribution in [0, 0.1) is 0 Å². The lowest BCUT2D eigenvalue weighted by atomic mass is 10.2. The van der Waals surface area contributed by atoms with E-state index < -0.39 is 0 Å². The van der Waals surface area contributed by atoms with Crippen molar-refractivity contribution in [2.45, 2.75) is 47.2 Å². The van der Waals surface area contributed by atoms with E-state index in [1.54, 1.807) is 0 Å². The molecular formula is C13H25P. The van der Waals surface area contributed by atoms with Crippen molar-refractivity contribution in [2.24, 2.45) is 0 Å². The van der Waals surface area contributed by atoms with Crippen LogP contribution in [0.1, 0.15) is 41.5 Å². The van der Waals surface area contributed by atoms with Gasteiger partial charge >= 0.3 is 0 Å². The average Bonchev–Trinajstić information content (AvgIpc) is 2.04. The molecule has 0 aliphatic heterocycles. The predicted octanol–water partition coefficient (Wildman–Crippen LogP) is 4.81. The van der Waals surface area contributed by atoms with Gasteiger partial charge in [0.2, 0.25) is 0 Å². The molecule has 1 atom stereocenters. The van der Waals surface area contributed by atoms with E-state index >= 15 is 0 Å². The Labute approximate surface area is 91.2 Å². The van der Waals surface area contributed by atoms with Gasteiger partial charge in [-0.15, -0.1) is 7.92 Å². The van der Waals surface area contributed by atoms with Crippen molar-refractivity contribution in [3.8, 4) is 0 Å². The molecule has 0 aliphatic carbocycles. The monoisotopic (exact) mass is 212 g/mol. The van der Waals surface area contributed by atoms with Crippen molar-refractivity contribution in [2.75, 3.05) is 12.3 Å². The molecule has 0 radical (unpaired) electrons. The van der Waals surface area contributed by atoms with Crippen LogP contribution in [0.4, 0.5) is 0 Å². The highest BCUT2D eigenvalue weighted by molar-refractivity contribution is 7.58. The molecule has 0 amide bonds. The molecule has 0 fully saturated rings. The van der Waals surface area contributed by atoms with Crippen molar-refractivity contribution in [1.29, 1.82) is 0 Å². The van der Waals surface area contributed by atoms with Gasteiger partial charge in [-0.1, -0.05) is 44.1 Å². The summed E-state index contributed by atoms with van der Waals surface area (Å²) in [4.78, 5) is 0. The average molecular weight is 212 g/mol. The molecule has 14 heavy (non-hydrogen) atoms. The smallest absolute Gasteiger partial charge is 0.00524 e. The van der Waals surface area contributed by atoms with Gasteiger partial charge in [0.1, 0.15) is 0 Å². The summed E-state index contributed by atoms with van der Waals surface area (Å²) in [5.74, 6) is 0. The van der Waals surface area contributed by atoms with Crippen LogP contribution >= 0.6 is 7.92 Å². The molecule has 0 rings (SSSR count). The molecule has 0 N–H and O–H groups in total. The zero-order chi connectivity index (χ0) is 11.1. The number of hydrogen-bond donors (Lipinski definition) is 0. The third-order valence-corrected chi connectivity index (χ3v) is 5.33. The van der Waals surface area contributed by atoms with Crippen LogP contribution in [0.2, 0.25) is 0 Å². The Balaban J connectivity index is 4.40. The molecular weight excluding hydrogens is 187 g/mol. The summed E-state index contributed by atoms with van der Waals surface area (Å²) >= 11 is 0. The van der Waals surface area contributed by atoms with E-state index in [2.05, 4.69) is 53.7 Å². The van der Waals surface area contributed by atoms with Crippen LogP contribution in [-0.4, -0.2) is 18.0 Å². The van der Waals surface area contributed by atoms with E-state index in [0.29, 0.717) is 0 Å². The summed E-state index contributed by atoms with van der Waals surface area (Å²) in [5.41, 5.74) is 3.59. The summed E-state index contributed by atoms with van der Waals surface area (Å²) < 4.78 is 0. The summed E-state index contributed by atoms with van der Waals surface area (Å²) in [6.45, 7) is 13.5. The van der Waals surface area contributed by atoms with E-state index in [4.69, 9.17) is 0 Å². The highest BCUT2D eigenvalue weighted by Gasteiger charge is 2.09. The lowest BCUT2D eigenvalue weighted by Crippen LogP contribution is -2.00. The Morgan fingerprint density at radius 2 is 1.64 bits per heavy atom. The first kappa shape index (κ1) is 13.9. The van der Waals surface area contributed by atoms with Crippen LogP contribution in [0.5, 0.6) is 0 Å². The molecule has 0 saturated carbocycles. The number of hydrogen-bond acceptors (Lipinski definition) is 0. The standard InChI is InChI=1S/C13H25P/c1-7-14(8-2)13(6)10-12(5)9-11(3)4/h9-10,13H,7-8H2,1-6H3. The number of allylic oxidation sites excluding steroid dienone is 4. The fraction of sp³-hybridized carbons (Fsp3) is 0.692. The minimum atomic E-state index is 0.219. The van der Waals surface area contributed by atoms with E-state index in [1.807, 2.05) is 0 Å². The third kappa shape index (κ3) is 5.60.